The predicted molar refractivity (Wildman–Crippen MR) is 105 cm³/mol. The highest BCUT2D eigenvalue weighted by Crippen LogP contribution is 2.21. The molecule has 2 aromatic carbocycles. The molecule has 134 valence electrons. The Bertz CT molecular complexity index is 1040. The van der Waals surface area contributed by atoms with Gasteiger partial charge in [-0.1, -0.05) is 11.6 Å². The summed E-state index contributed by atoms with van der Waals surface area (Å²) in [7, 11) is 0. The second-order valence-corrected chi connectivity index (χ2v) is 6.35. The summed E-state index contributed by atoms with van der Waals surface area (Å²) in [5, 5.41) is 15.4. The van der Waals surface area contributed by atoms with E-state index in [1.165, 1.54) is 0 Å². The second-order valence-electron chi connectivity index (χ2n) is 5.91. The van der Waals surface area contributed by atoms with Crippen molar-refractivity contribution in [1.82, 2.24) is 9.97 Å². The molecule has 0 unspecified atom stereocenters. The number of amides is 1. The van der Waals surface area contributed by atoms with Crippen molar-refractivity contribution in [3.8, 4) is 6.07 Å². The SMILES string of the molecule is Cc1nc(Nc2ccc(C#N)cc2)cc(C(=O)Nc2ccc(Cl)cc2C)n1. The van der Waals surface area contributed by atoms with Crippen LogP contribution in [-0.4, -0.2) is 15.9 Å². The fraction of sp³-hybridized carbons (Fsp3) is 0.100. The van der Waals surface area contributed by atoms with Crippen molar-refractivity contribution in [3.63, 3.8) is 0 Å². The van der Waals surface area contributed by atoms with Crippen LogP contribution in [0.2, 0.25) is 5.02 Å². The van der Waals surface area contributed by atoms with Gasteiger partial charge in [-0.05, 0) is 61.9 Å². The summed E-state index contributed by atoms with van der Waals surface area (Å²) in [4.78, 5) is 21.1. The number of carbonyl (C=O) groups excluding carboxylic acids is 1. The lowest BCUT2D eigenvalue weighted by Gasteiger charge is -2.11. The van der Waals surface area contributed by atoms with E-state index in [1.54, 1.807) is 55.5 Å². The van der Waals surface area contributed by atoms with E-state index in [1.807, 2.05) is 6.92 Å². The molecule has 0 radical (unpaired) electrons. The number of aryl methyl sites for hydroxylation is 2. The van der Waals surface area contributed by atoms with E-state index in [0.29, 0.717) is 27.9 Å². The van der Waals surface area contributed by atoms with Gasteiger partial charge >= 0.3 is 0 Å². The smallest absolute Gasteiger partial charge is 0.274 e. The van der Waals surface area contributed by atoms with Crippen molar-refractivity contribution in [2.75, 3.05) is 10.6 Å². The molecule has 0 spiro atoms. The van der Waals surface area contributed by atoms with Crippen molar-refractivity contribution in [2.24, 2.45) is 0 Å². The molecule has 0 atom stereocenters. The fourth-order valence-corrected chi connectivity index (χ4v) is 2.70. The molecule has 0 fully saturated rings. The number of nitriles is 1. The Kier molecular flexibility index (Phi) is 5.34. The maximum absolute atomic E-state index is 12.6. The lowest BCUT2D eigenvalue weighted by Crippen LogP contribution is -2.16. The van der Waals surface area contributed by atoms with Gasteiger partial charge in [-0.3, -0.25) is 4.79 Å². The van der Waals surface area contributed by atoms with Crippen molar-refractivity contribution < 1.29 is 4.79 Å². The third kappa shape index (κ3) is 4.60. The maximum atomic E-state index is 12.6. The van der Waals surface area contributed by atoms with E-state index in [-0.39, 0.29) is 11.6 Å². The minimum atomic E-state index is -0.339. The van der Waals surface area contributed by atoms with Crippen LogP contribution in [0.15, 0.2) is 48.5 Å². The standard InChI is InChI=1S/C20H16ClN5O/c1-12-9-15(21)5-8-17(12)26-20(27)18-10-19(24-13(2)23-18)25-16-6-3-14(11-22)4-7-16/h3-10H,1-2H3,(H,26,27)(H,23,24,25). The minimum Gasteiger partial charge on any atom is -0.340 e. The Labute approximate surface area is 161 Å². The molecule has 0 aliphatic rings. The number of nitrogens with one attached hydrogen (secondary N) is 2. The topological polar surface area (TPSA) is 90.7 Å². The quantitative estimate of drug-likeness (QED) is 0.692. The molecule has 0 saturated carbocycles. The van der Waals surface area contributed by atoms with Crippen LogP contribution >= 0.6 is 11.6 Å². The Morgan fingerprint density at radius 1 is 1.07 bits per heavy atom. The maximum Gasteiger partial charge on any atom is 0.274 e. The van der Waals surface area contributed by atoms with Gasteiger partial charge in [-0.2, -0.15) is 5.26 Å². The highest BCUT2D eigenvalue weighted by atomic mass is 35.5. The highest BCUT2D eigenvalue weighted by Gasteiger charge is 2.12. The zero-order valence-corrected chi connectivity index (χ0v) is 15.5. The Balaban J connectivity index is 1.81. The molecule has 1 aromatic heterocycles. The van der Waals surface area contributed by atoms with E-state index < -0.39 is 0 Å². The fourth-order valence-electron chi connectivity index (χ4n) is 2.48. The number of carbonyl (C=O) groups is 1. The van der Waals surface area contributed by atoms with E-state index in [0.717, 1.165) is 11.3 Å². The number of rotatable bonds is 4. The number of anilines is 3. The van der Waals surface area contributed by atoms with Crippen LogP contribution in [0.5, 0.6) is 0 Å². The number of benzene rings is 2. The summed E-state index contributed by atoms with van der Waals surface area (Å²) >= 11 is 5.95. The zero-order valence-electron chi connectivity index (χ0n) is 14.7. The van der Waals surface area contributed by atoms with Crippen LogP contribution in [0.4, 0.5) is 17.2 Å². The van der Waals surface area contributed by atoms with Crippen LogP contribution in [0.25, 0.3) is 0 Å². The minimum absolute atomic E-state index is 0.244. The molecule has 1 heterocycles. The van der Waals surface area contributed by atoms with Crippen LogP contribution in [-0.2, 0) is 0 Å². The molecular weight excluding hydrogens is 362 g/mol. The van der Waals surface area contributed by atoms with Gasteiger partial charge in [-0.15, -0.1) is 0 Å². The summed E-state index contributed by atoms with van der Waals surface area (Å²) < 4.78 is 0. The molecule has 3 rings (SSSR count). The monoisotopic (exact) mass is 377 g/mol. The van der Waals surface area contributed by atoms with E-state index in [4.69, 9.17) is 16.9 Å². The van der Waals surface area contributed by atoms with Crippen LogP contribution < -0.4 is 10.6 Å². The average molecular weight is 378 g/mol. The van der Waals surface area contributed by atoms with Gasteiger partial charge in [0.2, 0.25) is 0 Å². The lowest BCUT2D eigenvalue weighted by molar-refractivity contribution is 0.102. The predicted octanol–water partition coefficient (Wildman–Crippen LogP) is 4.61. The van der Waals surface area contributed by atoms with Gasteiger partial charge in [0, 0.05) is 22.5 Å². The first-order chi connectivity index (χ1) is 12.9. The first-order valence-corrected chi connectivity index (χ1v) is 8.53. The third-order valence-electron chi connectivity index (χ3n) is 3.79. The first kappa shape index (κ1) is 18.4. The third-order valence-corrected chi connectivity index (χ3v) is 4.03. The largest absolute Gasteiger partial charge is 0.340 e. The first-order valence-electron chi connectivity index (χ1n) is 8.15. The van der Waals surface area contributed by atoms with Gasteiger partial charge in [0.1, 0.15) is 17.3 Å². The molecule has 0 saturated heterocycles. The summed E-state index contributed by atoms with van der Waals surface area (Å²) in [5.74, 6) is 0.616. The van der Waals surface area contributed by atoms with E-state index >= 15 is 0 Å². The molecule has 1 amide bonds. The number of hydrogen-bond donors (Lipinski definition) is 2. The summed E-state index contributed by atoms with van der Waals surface area (Å²) in [6, 6.07) is 15.8. The lowest BCUT2D eigenvalue weighted by atomic mass is 10.2. The van der Waals surface area contributed by atoms with E-state index in [2.05, 4.69) is 26.7 Å². The second kappa shape index (κ2) is 7.85. The summed E-state index contributed by atoms with van der Waals surface area (Å²) in [5.41, 5.74) is 3.10. The Morgan fingerprint density at radius 2 is 1.81 bits per heavy atom. The molecule has 7 heteroatoms. The van der Waals surface area contributed by atoms with Crippen molar-refractivity contribution >= 4 is 34.7 Å². The number of hydrogen-bond acceptors (Lipinski definition) is 5. The highest BCUT2D eigenvalue weighted by molar-refractivity contribution is 6.30. The Morgan fingerprint density at radius 3 is 2.48 bits per heavy atom. The summed E-state index contributed by atoms with van der Waals surface area (Å²) in [6.07, 6.45) is 0. The number of aromatic nitrogens is 2. The molecule has 3 aromatic rings. The summed E-state index contributed by atoms with van der Waals surface area (Å²) in [6.45, 7) is 3.58. The van der Waals surface area contributed by atoms with Gasteiger partial charge < -0.3 is 10.6 Å². The molecule has 2 N–H and O–H groups in total. The Hall–Kier alpha value is -3.43. The van der Waals surface area contributed by atoms with Crippen molar-refractivity contribution in [3.05, 3.63) is 76.2 Å². The normalized spacial score (nSPS) is 10.1. The molecule has 27 heavy (non-hydrogen) atoms. The molecule has 0 aliphatic heterocycles. The van der Waals surface area contributed by atoms with Gasteiger partial charge in [0.15, 0.2) is 0 Å². The molecule has 0 bridgehead atoms. The van der Waals surface area contributed by atoms with Gasteiger partial charge in [0.05, 0.1) is 11.6 Å². The van der Waals surface area contributed by atoms with Crippen LogP contribution in [0.1, 0.15) is 27.4 Å². The van der Waals surface area contributed by atoms with Crippen LogP contribution in [0.3, 0.4) is 0 Å². The van der Waals surface area contributed by atoms with E-state index in [9.17, 15) is 4.79 Å². The van der Waals surface area contributed by atoms with Crippen molar-refractivity contribution in [1.29, 1.82) is 5.26 Å². The zero-order chi connectivity index (χ0) is 19.4. The van der Waals surface area contributed by atoms with Gasteiger partial charge in [-0.25, -0.2) is 9.97 Å². The van der Waals surface area contributed by atoms with Crippen molar-refractivity contribution in [2.45, 2.75) is 13.8 Å². The number of halogens is 1. The average Bonchev–Trinajstić information content (AvgIpc) is 2.64. The molecule has 6 nitrogen and oxygen atoms in total. The molecule has 0 aliphatic carbocycles. The van der Waals surface area contributed by atoms with Gasteiger partial charge in [0.25, 0.3) is 5.91 Å². The van der Waals surface area contributed by atoms with Crippen LogP contribution in [0, 0.1) is 25.2 Å². The molecular formula is C20H16ClN5O. The number of nitrogens with zero attached hydrogens (tertiary/aromatic N) is 3.